The van der Waals surface area contributed by atoms with Crippen LogP contribution in [0.5, 0.6) is 5.75 Å². The number of carbonyl (C=O) groups is 1. The molecule has 1 aromatic carbocycles. The molecule has 12 heteroatoms. The minimum atomic E-state index is -1.15. The number of aliphatic hydroxyl groups excluding tert-OH is 2. The van der Waals surface area contributed by atoms with Gasteiger partial charge in [-0.25, -0.2) is 15.0 Å². The fraction of sp³-hybridized carbons (Fsp3) is 0.478. The standard InChI is InChI=1S/C23H31N7O5/c1-24-15(9-13-5-7-14(34-4)8-6-13)22(33)28-17-16(10-31)35-23(19(17)32)30-12-27-18-20(29(2)3)25-11-26-21(18)30/h5-8,11-12,15-17,19,23-24,31-32H,9-10H2,1-4H3,(H,28,33)/t15?,16-,17?,19?,23-/m1/s1. The maximum Gasteiger partial charge on any atom is 0.237 e. The molecule has 4 N–H and O–H groups in total. The van der Waals surface area contributed by atoms with Gasteiger partial charge in [0.1, 0.15) is 24.3 Å². The van der Waals surface area contributed by atoms with Crippen LogP contribution >= 0.6 is 0 Å². The van der Waals surface area contributed by atoms with Gasteiger partial charge in [-0.2, -0.15) is 0 Å². The van der Waals surface area contributed by atoms with Crippen LogP contribution in [0.1, 0.15) is 11.8 Å². The number of aliphatic hydroxyl groups is 2. The molecule has 1 aliphatic heterocycles. The monoisotopic (exact) mass is 485 g/mol. The van der Waals surface area contributed by atoms with Crippen molar-refractivity contribution in [2.75, 3.05) is 39.8 Å². The highest BCUT2D eigenvalue weighted by atomic mass is 16.5. The minimum Gasteiger partial charge on any atom is -0.497 e. The van der Waals surface area contributed by atoms with Gasteiger partial charge in [0, 0.05) is 14.1 Å². The number of likely N-dealkylation sites (N-methyl/N-ethyl adjacent to an activating group) is 1. The molecule has 3 heterocycles. The average molecular weight is 486 g/mol. The van der Waals surface area contributed by atoms with E-state index >= 15 is 0 Å². The van der Waals surface area contributed by atoms with E-state index in [4.69, 9.17) is 9.47 Å². The number of imidazole rings is 1. The van der Waals surface area contributed by atoms with Gasteiger partial charge in [0.2, 0.25) is 5.91 Å². The van der Waals surface area contributed by atoms with Crippen molar-refractivity contribution in [1.82, 2.24) is 30.2 Å². The number of anilines is 1. The summed E-state index contributed by atoms with van der Waals surface area (Å²) in [7, 11) is 6.99. The lowest BCUT2D eigenvalue weighted by Gasteiger charge is -2.24. The summed E-state index contributed by atoms with van der Waals surface area (Å²) in [5.41, 5.74) is 1.97. The van der Waals surface area contributed by atoms with Crippen molar-refractivity contribution in [2.24, 2.45) is 0 Å². The first-order valence-corrected chi connectivity index (χ1v) is 11.3. The van der Waals surface area contributed by atoms with Gasteiger partial charge in [-0.15, -0.1) is 0 Å². The van der Waals surface area contributed by atoms with E-state index in [9.17, 15) is 15.0 Å². The highest BCUT2D eigenvalue weighted by Gasteiger charge is 2.46. The molecule has 5 atom stereocenters. The average Bonchev–Trinajstić information content (AvgIpc) is 3.43. The largest absolute Gasteiger partial charge is 0.497 e. The van der Waals surface area contributed by atoms with Gasteiger partial charge >= 0.3 is 0 Å². The number of fused-ring (bicyclic) bond motifs is 1. The van der Waals surface area contributed by atoms with Gasteiger partial charge in [0.15, 0.2) is 23.2 Å². The van der Waals surface area contributed by atoms with Crippen LogP contribution in [0.4, 0.5) is 5.82 Å². The Bertz CT molecular complexity index is 1150. The Morgan fingerprint density at radius 2 is 2.00 bits per heavy atom. The summed E-state index contributed by atoms with van der Waals surface area (Å²) in [6.45, 7) is -0.383. The number of rotatable bonds is 9. The van der Waals surface area contributed by atoms with E-state index in [1.807, 2.05) is 43.3 Å². The zero-order chi connectivity index (χ0) is 25.1. The first kappa shape index (κ1) is 24.8. The topological polar surface area (TPSA) is 147 Å². The van der Waals surface area contributed by atoms with Crippen LogP contribution in [0.15, 0.2) is 36.9 Å². The Balaban J connectivity index is 1.51. The van der Waals surface area contributed by atoms with Crippen LogP contribution in [0.2, 0.25) is 0 Å². The van der Waals surface area contributed by atoms with Crippen LogP contribution < -0.4 is 20.3 Å². The van der Waals surface area contributed by atoms with Gasteiger partial charge in [-0.3, -0.25) is 9.36 Å². The number of nitrogens with one attached hydrogen (secondary N) is 2. The maximum atomic E-state index is 13.1. The molecule has 0 saturated carbocycles. The van der Waals surface area contributed by atoms with Crippen molar-refractivity contribution >= 4 is 22.9 Å². The summed E-state index contributed by atoms with van der Waals surface area (Å²) in [6, 6.07) is 6.06. The Morgan fingerprint density at radius 1 is 1.26 bits per heavy atom. The molecule has 0 aliphatic carbocycles. The highest BCUT2D eigenvalue weighted by Crippen LogP contribution is 2.32. The van der Waals surface area contributed by atoms with Crippen molar-refractivity contribution < 1.29 is 24.5 Å². The van der Waals surface area contributed by atoms with Crippen molar-refractivity contribution in [3.05, 3.63) is 42.5 Å². The lowest BCUT2D eigenvalue weighted by Crippen LogP contribution is -2.54. The number of nitrogens with zero attached hydrogens (tertiary/aromatic N) is 5. The molecule has 2 aromatic heterocycles. The Morgan fingerprint density at radius 3 is 2.63 bits per heavy atom. The van der Waals surface area contributed by atoms with E-state index in [0.29, 0.717) is 23.4 Å². The first-order valence-electron chi connectivity index (χ1n) is 11.3. The minimum absolute atomic E-state index is 0.317. The van der Waals surface area contributed by atoms with Crippen LogP contribution in [-0.2, 0) is 16.0 Å². The predicted octanol–water partition coefficient (Wildman–Crippen LogP) is -0.533. The second-order valence-corrected chi connectivity index (χ2v) is 8.58. The van der Waals surface area contributed by atoms with E-state index in [1.54, 1.807) is 18.7 Å². The second-order valence-electron chi connectivity index (χ2n) is 8.58. The van der Waals surface area contributed by atoms with Crippen molar-refractivity contribution in [1.29, 1.82) is 0 Å². The van der Waals surface area contributed by atoms with E-state index in [-0.39, 0.29) is 12.5 Å². The number of ether oxygens (including phenoxy) is 2. The van der Waals surface area contributed by atoms with E-state index in [1.165, 1.54) is 12.7 Å². The first-order chi connectivity index (χ1) is 16.9. The normalized spacial score (nSPS) is 22.8. The summed E-state index contributed by atoms with van der Waals surface area (Å²) in [4.78, 5) is 27.9. The Labute approximate surface area is 202 Å². The van der Waals surface area contributed by atoms with Crippen LogP contribution in [0, 0.1) is 0 Å². The summed E-state index contributed by atoms with van der Waals surface area (Å²) < 4.78 is 12.7. The molecule has 1 amide bonds. The smallest absolute Gasteiger partial charge is 0.237 e. The maximum absolute atomic E-state index is 13.1. The third-order valence-corrected chi connectivity index (χ3v) is 6.16. The SMILES string of the molecule is CNC(Cc1ccc(OC)cc1)C(=O)NC1C(O)[C@H](n2cnc3c(N(C)C)ncnc32)O[C@@H]1CO. The van der Waals surface area contributed by atoms with E-state index in [0.717, 1.165) is 11.3 Å². The molecule has 0 spiro atoms. The quantitative estimate of drug-likeness (QED) is 0.312. The Kier molecular flexibility index (Phi) is 7.45. The third-order valence-electron chi connectivity index (χ3n) is 6.16. The summed E-state index contributed by atoms with van der Waals surface area (Å²) in [6.07, 6.45) is 0.492. The molecule has 1 saturated heterocycles. The molecule has 188 valence electrons. The molecular formula is C23H31N7O5. The number of hydrogen-bond donors (Lipinski definition) is 4. The van der Waals surface area contributed by atoms with E-state index in [2.05, 4.69) is 25.6 Å². The van der Waals surface area contributed by atoms with Gasteiger partial charge in [0.05, 0.1) is 32.1 Å². The second kappa shape index (κ2) is 10.5. The molecule has 0 bridgehead atoms. The number of methoxy groups -OCH3 is 1. The third kappa shape index (κ3) is 4.91. The fourth-order valence-electron chi connectivity index (χ4n) is 4.25. The lowest BCUT2D eigenvalue weighted by molar-refractivity contribution is -0.124. The number of carbonyl (C=O) groups excluding carboxylic acids is 1. The molecule has 0 radical (unpaired) electrons. The van der Waals surface area contributed by atoms with Crippen molar-refractivity contribution in [3.63, 3.8) is 0 Å². The van der Waals surface area contributed by atoms with Crippen molar-refractivity contribution in [2.45, 2.75) is 36.9 Å². The molecule has 3 aromatic rings. The van der Waals surface area contributed by atoms with E-state index < -0.39 is 30.5 Å². The summed E-state index contributed by atoms with van der Waals surface area (Å²) in [5.74, 6) is 1.04. The molecule has 1 fully saturated rings. The predicted molar refractivity (Wildman–Crippen MR) is 128 cm³/mol. The van der Waals surface area contributed by atoms with Crippen molar-refractivity contribution in [3.8, 4) is 5.75 Å². The number of aromatic nitrogens is 4. The summed E-state index contributed by atoms with van der Waals surface area (Å²) in [5, 5.41) is 26.9. The molecule has 1 aliphatic rings. The zero-order valence-corrected chi connectivity index (χ0v) is 20.1. The number of amides is 1. The van der Waals surface area contributed by atoms with Gasteiger partial charge in [-0.1, -0.05) is 12.1 Å². The molecule has 12 nitrogen and oxygen atoms in total. The molecule has 35 heavy (non-hydrogen) atoms. The molecular weight excluding hydrogens is 454 g/mol. The molecule has 4 rings (SSSR count). The van der Waals surface area contributed by atoms with Crippen LogP contribution in [-0.4, -0.2) is 94.8 Å². The van der Waals surface area contributed by atoms with Crippen LogP contribution in [0.25, 0.3) is 11.2 Å². The summed E-state index contributed by atoms with van der Waals surface area (Å²) >= 11 is 0. The Hall–Kier alpha value is -3.32. The number of hydrogen-bond acceptors (Lipinski definition) is 10. The zero-order valence-electron chi connectivity index (χ0n) is 20.1. The van der Waals surface area contributed by atoms with Gasteiger partial charge < -0.3 is 35.2 Å². The molecule has 3 unspecified atom stereocenters. The fourth-order valence-corrected chi connectivity index (χ4v) is 4.25. The number of benzene rings is 1. The lowest BCUT2D eigenvalue weighted by atomic mass is 10.0. The van der Waals surface area contributed by atoms with Gasteiger partial charge in [0.25, 0.3) is 0 Å². The van der Waals surface area contributed by atoms with Crippen LogP contribution in [0.3, 0.4) is 0 Å². The van der Waals surface area contributed by atoms with Gasteiger partial charge in [-0.05, 0) is 31.2 Å². The highest BCUT2D eigenvalue weighted by molar-refractivity contribution is 5.83.